The molecule has 2 fully saturated rings. The van der Waals surface area contributed by atoms with Gasteiger partial charge in [0, 0.05) is 39.3 Å². The Morgan fingerprint density at radius 2 is 2.25 bits per heavy atom. The molecule has 2 aliphatic heterocycles. The average Bonchev–Trinajstić information content (AvgIpc) is 2.81. The molecule has 0 aliphatic carbocycles. The highest BCUT2D eigenvalue weighted by atomic mass is 16.5. The summed E-state index contributed by atoms with van der Waals surface area (Å²) in [6, 6.07) is 0. The summed E-state index contributed by atoms with van der Waals surface area (Å²) < 4.78 is 5.45. The van der Waals surface area contributed by atoms with Gasteiger partial charge in [0.05, 0.1) is 12.6 Å². The van der Waals surface area contributed by atoms with Crippen molar-refractivity contribution in [2.75, 3.05) is 45.9 Å². The fourth-order valence-electron chi connectivity index (χ4n) is 2.16. The molecular formula is C11H21N3O2. The van der Waals surface area contributed by atoms with Crippen LogP contribution in [0.5, 0.6) is 0 Å². The maximum absolute atomic E-state index is 11.6. The summed E-state index contributed by atoms with van der Waals surface area (Å²) in [6.07, 6.45) is 2.44. The van der Waals surface area contributed by atoms with Crippen molar-refractivity contribution in [3.63, 3.8) is 0 Å². The molecule has 0 aromatic carbocycles. The van der Waals surface area contributed by atoms with Gasteiger partial charge in [-0.15, -0.1) is 0 Å². The maximum Gasteiger partial charge on any atom is 0.234 e. The lowest BCUT2D eigenvalue weighted by Gasteiger charge is -2.26. The number of carbonyl (C=O) groups is 1. The van der Waals surface area contributed by atoms with Gasteiger partial charge in [0.25, 0.3) is 0 Å². The van der Waals surface area contributed by atoms with Gasteiger partial charge in [-0.1, -0.05) is 0 Å². The quantitative estimate of drug-likeness (QED) is 0.659. The molecule has 16 heavy (non-hydrogen) atoms. The lowest BCUT2D eigenvalue weighted by Crippen LogP contribution is -2.48. The molecule has 2 heterocycles. The molecule has 0 spiro atoms. The highest BCUT2D eigenvalue weighted by Gasteiger charge is 2.17. The highest BCUT2D eigenvalue weighted by Crippen LogP contribution is 2.10. The summed E-state index contributed by atoms with van der Waals surface area (Å²) in [5.41, 5.74) is 0. The second kappa shape index (κ2) is 6.18. The van der Waals surface area contributed by atoms with Crippen LogP contribution in [0.4, 0.5) is 0 Å². The van der Waals surface area contributed by atoms with E-state index in [1.165, 1.54) is 0 Å². The van der Waals surface area contributed by atoms with Gasteiger partial charge in [-0.3, -0.25) is 9.69 Å². The summed E-state index contributed by atoms with van der Waals surface area (Å²) in [4.78, 5) is 13.8. The van der Waals surface area contributed by atoms with Crippen molar-refractivity contribution in [1.29, 1.82) is 0 Å². The Bertz CT molecular complexity index is 223. The van der Waals surface area contributed by atoms with Crippen molar-refractivity contribution in [2.24, 2.45) is 0 Å². The molecule has 0 bridgehead atoms. The lowest BCUT2D eigenvalue weighted by molar-refractivity contribution is -0.122. The fourth-order valence-corrected chi connectivity index (χ4v) is 2.16. The van der Waals surface area contributed by atoms with Crippen molar-refractivity contribution in [2.45, 2.75) is 18.9 Å². The van der Waals surface area contributed by atoms with Crippen molar-refractivity contribution in [1.82, 2.24) is 15.5 Å². The van der Waals surface area contributed by atoms with E-state index in [0.29, 0.717) is 13.1 Å². The van der Waals surface area contributed by atoms with E-state index in [4.69, 9.17) is 4.74 Å². The third-order valence-corrected chi connectivity index (χ3v) is 3.13. The summed E-state index contributed by atoms with van der Waals surface area (Å²) in [5, 5.41) is 6.22. The number of nitrogens with zero attached hydrogens (tertiary/aromatic N) is 1. The van der Waals surface area contributed by atoms with E-state index in [9.17, 15) is 4.79 Å². The Morgan fingerprint density at radius 3 is 2.94 bits per heavy atom. The van der Waals surface area contributed by atoms with Crippen LogP contribution in [-0.4, -0.2) is 62.8 Å². The number of hydrogen-bond donors (Lipinski definition) is 2. The average molecular weight is 227 g/mol. The van der Waals surface area contributed by atoms with Crippen LogP contribution in [0, 0.1) is 0 Å². The molecule has 0 aromatic rings. The van der Waals surface area contributed by atoms with E-state index < -0.39 is 0 Å². The molecule has 1 atom stereocenters. The van der Waals surface area contributed by atoms with Crippen molar-refractivity contribution in [3.8, 4) is 0 Å². The minimum absolute atomic E-state index is 0.123. The van der Waals surface area contributed by atoms with Crippen LogP contribution >= 0.6 is 0 Å². The third-order valence-electron chi connectivity index (χ3n) is 3.13. The standard InChI is InChI=1S/C11H21N3O2/c15-11(9-14-5-3-12-4-6-14)13-8-10-2-1-7-16-10/h10,12H,1-9H2,(H,13,15)/t10-/m1/s1. The number of hydrogen-bond acceptors (Lipinski definition) is 4. The van der Waals surface area contributed by atoms with E-state index in [1.807, 2.05) is 0 Å². The highest BCUT2D eigenvalue weighted by molar-refractivity contribution is 5.78. The molecule has 2 saturated heterocycles. The van der Waals surface area contributed by atoms with Gasteiger partial charge in [0.2, 0.25) is 5.91 Å². The first-order valence-electron chi connectivity index (χ1n) is 6.16. The topological polar surface area (TPSA) is 53.6 Å². The molecule has 2 aliphatic rings. The molecule has 1 amide bonds. The zero-order valence-electron chi connectivity index (χ0n) is 9.71. The number of piperazine rings is 1. The van der Waals surface area contributed by atoms with Crippen LogP contribution in [0.25, 0.3) is 0 Å². The minimum atomic E-state index is 0.123. The second-order valence-corrected chi connectivity index (χ2v) is 4.47. The predicted octanol–water partition coefficient (Wildman–Crippen LogP) is -0.813. The molecular weight excluding hydrogens is 206 g/mol. The Hall–Kier alpha value is -0.650. The third kappa shape index (κ3) is 3.73. The van der Waals surface area contributed by atoms with Gasteiger partial charge in [-0.05, 0) is 12.8 Å². The molecule has 5 nitrogen and oxygen atoms in total. The van der Waals surface area contributed by atoms with E-state index >= 15 is 0 Å². The summed E-state index contributed by atoms with van der Waals surface area (Å²) >= 11 is 0. The van der Waals surface area contributed by atoms with Crippen LogP contribution in [0.3, 0.4) is 0 Å². The second-order valence-electron chi connectivity index (χ2n) is 4.47. The Balaban J connectivity index is 1.59. The van der Waals surface area contributed by atoms with E-state index in [2.05, 4.69) is 15.5 Å². The van der Waals surface area contributed by atoms with E-state index in [1.54, 1.807) is 0 Å². The predicted molar refractivity (Wildman–Crippen MR) is 61.3 cm³/mol. The van der Waals surface area contributed by atoms with E-state index in [0.717, 1.165) is 45.6 Å². The molecule has 0 radical (unpaired) electrons. The Kier molecular flexibility index (Phi) is 4.56. The molecule has 2 rings (SSSR count). The zero-order chi connectivity index (χ0) is 11.2. The fraction of sp³-hybridized carbons (Fsp3) is 0.909. The summed E-state index contributed by atoms with van der Waals surface area (Å²) in [7, 11) is 0. The number of carbonyl (C=O) groups excluding carboxylic acids is 1. The number of rotatable bonds is 4. The first-order chi connectivity index (χ1) is 7.84. The van der Waals surface area contributed by atoms with Crippen LogP contribution in [-0.2, 0) is 9.53 Å². The van der Waals surface area contributed by atoms with Gasteiger partial charge in [-0.25, -0.2) is 0 Å². The van der Waals surface area contributed by atoms with Crippen LogP contribution in [0.15, 0.2) is 0 Å². The van der Waals surface area contributed by atoms with Crippen molar-refractivity contribution < 1.29 is 9.53 Å². The van der Waals surface area contributed by atoms with E-state index in [-0.39, 0.29) is 12.0 Å². The number of ether oxygens (including phenoxy) is 1. The lowest BCUT2D eigenvalue weighted by atomic mass is 10.2. The Labute approximate surface area is 96.5 Å². The van der Waals surface area contributed by atoms with Gasteiger partial charge in [0.1, 0.15) is 0 Å². The first-order valence-corrected chi connectivity index (χ1v) is 6.16. The monoisotopic (exact) mass is 227 g/mol. The first kappa shape index (κ1) is 11.8. The number of nitrogens with one attached hydrogen (secondary N) is 2. The van der Waals surface area contributed by atoms with Gasteiger partial charge in [0.15, 0.2) is 0 Å². The molecule has 0 unspecified atom stereocenters. The minimum Gasteiger partial charge on any atom is -0.376 e. The smallest absolute Gasteiger partial charge is 0.234 e. The van der Waals surface area contributed by atoms with Gasteiger partial charge < -0.3 is 15.4 Å². The SMILES string of the molecule is O=C(CN1CCNCC1)NC[C@H]1CCCO1. The molecule has 92 valence electrons. The van der Waals surface area contributed by atoms with Crippen LogP contribution in [0.1, 0.15) is 12.8 Å². The largest absolute Gasteiger partial charge is 0.376 e. The molecule has 0 saturated carbocycles. The molecule has 2 N–H and O–H groups in total. The zero-order valence-corrected chi connectivity index (χ0v) is 9.71. The normalized spacial score (nSPS) is 26.9. The van der Waals surface area contributed by atoms with Gasteiger partial charge in [-0.2, -0.15) is 0 Å². The summed E-state index contributed by atoms with van der Waals surface area (Å²) in [6.45, 7) is 5.94. The van der Waals surface area contributed by atoms with Crippen molar-refractivity contribution >= 4 is 5.91 Å². The van der Waals surface area contributed by atoms with Crippen LogP contribution in [0.2, 0.25) is 0 Å². The Morgan fingerprint density at radius 1 is 1.44 bits per heavy atom. The molecule has 0 aromatic heterocycles. The molecule has 5 heteroatoms. The van der Waals surface area contributed by atoms with Crippen molar-refractivity contribution in [3.05, 3.63) is 0 Å². The maximum atomic E-state index is 11.6. The van der Waals surface area contributed by atoms with Crippen LogP contribution < -0.4 is 10.6 Å². The number of amides is 1. The van der Waals surface area contributed by atoms with Gasteiger partial charge >= 0.3 is 0 Å². The summed E-state index contributed by atoms with van der Waals surface area (Å²) in [5.74, 6) is 0.123.